The van der Waals surface area contributed by atoms with E-state index in [1.165, 1.54) is 5.56 Å². The lowest BCUT2D eigenvalue weighted by atomic mass is 10.1. The Morgan fingerprint density at radius 3 is 3.05 bits per heavy atom. The number of aliphatic hydroxyl groups is 1. The van der Waals surface area contributed by atoms with E-state index in [1.54, 1.807) is 7.11 Å². The molecule has 1 fully saturated rings. The van der Waals surface area contributed by atoms with Crippen molar-refractivity contribution >= 4 is 0 Å². The van der Waals surface area contributed by atoms with Gasteiger partial charge in [0.25, 0.3) is 0 Å². The van der Waals surface area contributed by atoms with Crippen molar-refractivity contribution < 1.29 is 14.6 Å². The number of methoxy groups -OCH3 is 1. The summed E-state index contributed by atoms with van der Waals surface area (Å²) in [5, 5.41) is 10.3. The van der Waals surface area contributed by atoms with Gasteiger partial charge in [0.1, 0.15) is 6.79 Å². The Hall–Kier alpha value is -0.940. The van der Waals surface area contributed by atoms with Crippen molar-refractivity contribution in [1.82, 2.24) is 4.90 Å². The molecule has 0 aliphatic carbocycles. The van der Waals surface area contributed by atoms with Crippen LogP contribution in [0.2, 0.25) is 0 Å². The Morgan fingerprint density at radius 1 is 1.47 bits per heavy atom. The van der Waals surface area contributed by atoms with E-state index in [9.17, 15) is 5.11 Å². The van der Waals surface area contributed by atoms with Gasteiger partial charge in [0.15, 0.2) is 0 Å². The average Bonchev–Trinajstić information content (AvgIpc) is 2.84. The zero-order valence-electron chi connectivity index (χ0n) is 11.7. The highest BCUT2D eigenvalue weighted by molar-refractivity contribution is 5.24. The average molecular weight is 265 g/mol. The van der Waals surface area contributed by atoms with Crippen LogP contribution in [0.15, 0.2) is 24.3 Å². The topological polar surface area (TPSA) is 41.9 Å². The van der Waals surface area contributed by atoms with Gasteiger partial charge in [-0.25, -0.2) is 0 Å². The summed E-state index contributed by atoms with van der Waals surface area (Å²) in [6, 6.07) is 8.05. The summed E-state index contributed by atoms with van der Waals surface area (Å²) in [5.74, 6) is 0. The Bertz CT molecular complexity index is 397. The number of rotatable bonds is 6. The lowest BCUT2D eigenvalue weighted by Crippen LogP contribution is -2.28. The van der Waals surface area contributed by atoms with E-state index in [2.05, 4.69) is 4.90 Å². The van der Waals surface area contributed by atoms with Gasteiger partial charge in [0.05, 0.1) is 12.2 Å². The number of aliphatic hydroxyl groups excluding tert-OH is 1. The number of ether oxygens (including phenoxy) is 2. The normalized spacial score (nSPS) is 21.7. The molecule has 0 amide bonds. The van der Waals surface area contributed by atoms with E-state index in [1.807, 2.05) is 31.2 Å². The van der Waals surface area contributed by atoms with Crippen LogP contribution in [-0.4, -0.2) is 49.6 Å². The predicted octanol–water partition coefficient (Wildman–Crippen LogP) is 1.72. The highest BCUT2D eigenvalue weighted by Crippen LogP contribution is 2.19. The molecule has 0 saturated carbocycles. The number of hydrogen-bond acceptors (Lipinski definition) is 4. The maximum Gasteiger partial charge on any atom is 0.146 e. The van der Waals surface area contributed by atoms with Gasteiger partial charge >= 0.3 is 0 Å². The molecule has 0 radical (unpaired) electrons. The van der Waals surface area contributed by atoms with Crippen molar-refractivity contribution in [3.05, 3.63) is 35.4 Å². The van der Waals surface area contributed by atoms with Gasteiger partial charge < -0.3 is 14.6 Å². The van der Waals surface area contributed by atoms with E-state index in [0.717, 1.165) is 25.1 Å². The summed E-state index contributed by atoms with van der Waals surface area (Å²) in [6.45, 7) is 4.89. The van der Waals surface area contributed by atoms with Gasteiger partial charge in [-0.3, -0.25) is 4.90 Å². The molecule has 1 saturated heterocycles. The second kappa shape index (κ2) is 7.01. The Balaban J connectivity index is 1.82. The van der Waals surface area contributed by atoms with Crippen molar-refractivity contribution in [2.24, 2.45) is 0 Å². The first-order valence-corrected chi connectivity index (χ1v) is 6.76. The summed E-state index contributed by atoms with van der Waals surface area (Å²) >= 11 is 0. The fraction of sp³-hybridized carbons (Fsp3) is 0.600. The smallest absolute Gasteiger partial charge is 0.146 e. The SMILES string of the molecule is COCOC1CCN(CC(O)c2cccc(C)c2)C1. The summed E-state index contributed by atoms with van der Waals surface area (Å²) in [4.78, 5) is 2.24. The van der Waals surface area contributed by atoms with Gasteiger partial charge in [-0.05, 0) is 18.9 Å². The first-order valence-electron chi connectivity index (χ1n) is 6.76. The minimum Gasteiger partial charge on any atom is -0.387 e. The Morgan fingerprint density at radius 2 is 2.32 bits per heavy atom. The Kier molecular flexibility index (Phi) is 5.34. The monoisotopic (exact) mass is 265 g/mol. The molecule has 2 rings (SSSR count). The summed E-state index contributed by atoms with van der Waals surface area (Å²) in [6.07, 6.45) is 0.801. The van der Waals surface area contributed by atoms with Crippen molar-refractivity contribution in [1.29, 1.82) is 0 Å². The van der Waals surface area contributed by atoms with Crippen LogP contribution < -0.4 is 0 Å². The molecule has 19 heavy (non-hydrogen) atoms. The minimum absolute atomic E-state index is 0.227. The fourth-order valence-electron chi connectivity index (χ4n) is 2.49. The van der Waals surface area contributed by atoms with Crippen LogP contribution in [0.4, 0.5) is 0 Å². The molecule has 2 unspecified atom stereocenters. The highest BCUT2D eigenvalue weighted by Gasteiger charge is 2.25. The van der Waals surface area contributed by atoms with Crippen molar-refractivity contribution in [3.63, 3.8) is 0 Å². The maximum atomic E-state index is 10.3. The number of β-amino-alcohol motifs (C(OH)–C–C–N with tert-alkyl or cyclic N) is 1. The summed E-state index contributed by atoms with van der Waals surface area (Å²) < 4.78 is 10.5. The molecule has 0 aromatic heterocycles. The molecule has 106 valence electrons. The van der Waals surface area contributed by atoms with E-state index in [0.29, 0.717) is 13.3 Å². The third-order valence-corrected chi connectivity index (χ3v) is 3.51. The summed E-state index contributed by atoms with van der Waals surface area (Å²) in [5.41, 5.74) is 2.17. The van der Waals surface area contributed by atoms with E-state index in [-0.39, 0.29) is 6.10 Å². The molecule has 2 atom stereocenters. The first kappa shape index (κ1) is 14.5. The number of benzene rings is 1. The molecule has 1 N–H and O–H groups in total. The minimum atomic E-state index is -0.430. The third kappa shape index (κ3) is 4.28. The van der Waals surface area contributed by atoms with Crippen LogP contribution in [0.1, 0.15) is 23.7 Å². The fourth-order valence-corrected chi connectivity index (χ4v) is 2.49. The van der Waals surface area contributed by atoms with E-state index < -0.39 is 6.10 Å². The van der Waals surface area contributed by atoms with Gasteiger partial charge in [0.2, 0.25) is 0 Å². The third-order valence-electron chi connectivity index (χ3n) is 3.51. The van der Waals surface area contributed by atoms with Crippen LogP contribution in [0.5, 0.6) is 0 Å². The maximum absolute atomic E-state index is 10.3. The second-order valence-corrected chi connectivity index (χ2v) is 5.17. The van der Waals surface area contributed by atoms with Gasteiger partial charge in [0, 0.05) is 26.7 Å². The number of aryl methyl sites for hydroxylation is 1. The molecule has 0 bridgehead atoms. The highest BCUT2D eigenvalue weighted by atomic mass is 16.7. The van der Waals surface area contributed by atoms with Crippen LogP contribution >= 0.6 is 0 Å². The molecule has 1 aliphatic rings. The molecule has 1 aliphatic heterocycles. The molecule has 1 aromatic carbocycles. The summed E-state index contributed by atoms with van der Waals surface area (Å²) in [7, 11) is 1.63. The first-order chi connectivity index (χ1) is 9.19. The standard InChI is InChI=1S/C15H23NO3/c1-12-4-3-5-13(8-12)15(17)10-16-7-6-14(9-16)19-11-18-2/h3-5,8,14-15,17H,6-7,9-11H2,1-2H3. The van der Waals surface area contributed by atoms with Crippen molar-refractivity contribution in [2.45, 2.75) is 25.6 Å². The van der Waals surface area contributed by atoms with Crippen molar-refractivity contribution in [3.8, 4) is 0 Å². The molecule has 4 nitrogen and oxygen atoms in total. The predicted molar refractivity (Wildman–Crippen MR) is 73.9 cm³/mol. The van der Waals surface area contributed by atoms with Crippen LogP contribution in [-0.2, 0) is 9.47 Å². The van der Waals surface area contributed by atoms with Crippen LogP contribution in [0.25, 0.3) is 0 Å². The zero-order valence-corrected chi connectivity index (χ0v) is 11.7. The number of likely N-dealkylation sites (tertiary alicyclic amines) is 1. The number of nitrogens with zero attached hydrogens (tertiary/aromatic N) is 1. The van der Waals surface area contributed by atoms with Crippen LogP contribution in [0, 0.1) is 6.92 Å². The van der Waals surface area contributed by atoms with E-state index >= 15 is 0 Å². The number of hydrogen-bond donors (Lipinski definition) is 1. The van der Waals surface area contributed by atoms with E-state index in [4.69, 9.17) is 9.47 Å². The molecule has 1 aromatic rings. The largest absolute Gasteiger partial charge is 0.387 e. The lowest BCUT2D eigenvalue weighted by Gasteiger charge is -2.20. The molecule has 4 heteroatoms. The second-order valence-electron chi connectivity index (χ2n) is 5.17. The Labute approximate surface area is 114 Å². The van der Waals surface area contributed by atoms with Crippen molar-refractivity contribution in [2.75, 3.05) is 33.5 Å². The molecular weight excluding hydrogens is 242 g/mol. The lowest BCUT2D eigenvalue weighted by molar-refractivity contribution is -0.0677. The molecular formula is C15H23NO3. The van der Waals surface area contributed by atoms with Gasteiger partial charge in [-0.2, -0.15) is 0 Å². The molecule has 1 heterocycles. The quantitative estimate of drug-likeness (QED) is 0.795. The zero-order chi connectivity index (χ0) is 13.7. The molecule has 0 spiro atoms. The van der Waals surface area contributed by atoms with Gasteiger partial charge in [-0.1, -0.05) is 29.8 Å². The van der Waals surface area contributed by atoms with Crippen LogP contribution in [0.3, 0.4) is 0 Å². The van der Waals surface area contributed by atoms with Gasteiger partial charge in [-0.15, -0.1) is 0 Å².